The molecule has 0 aliphatic heterocycles. The molecule has 1 amide bonds. The van der Waals surface area contributed by atoms with Crippen molar-refractivity contribution < 1.29 is 13.6 Å². The smallest absolute Gasteiger partial charge is 0.242 e. The minimum Gasteiger partial charge on any atom is -0.370 e. The second-order valence-electron chi connectivity index (χ2n) is 3.64. The van der Waals surface area contributed by atoms with Crippen LogP contribution in [0.25, 0.3) is 0 Å². The van der Waals surface area contributed by atoms with E-state index in [1.54, 1.807) is 0 Å². The number of hydrogen-bond acceptors (Lipinski definition) is 2. The third-order valence-electron chi connectivity index (χ3n) is 2.18. The molecule has 0 heterocycles. The van der Waals surface area contributed by atoms with Gasteiger partial charge in [-0.3, -0.25) is 4.79 Å². The number of carbonyl (C=O) groups excluding carboxylic acids is 1. The van der Waals surface area contributed by atoms with Crippen LogP contribution in [0.4, 0.5) is 14.5 Å². The lowest BCUT2D eigenvalue weighted by Gasteiger charge is -2.16. The molecule has 18 heavy (non-hydrogen) atoms. The summed E-state index contributed by atoms with van der Waals surface area (Å²) in [5.74, 6) is -1.95. The van der Waals surface area contributed by atoms with Crippen molar-refractivity contribution in [2.45, 2.75) is 13.0 Å². The lowest BCUT2D eigenvalue weighted by atomic mass is 10.2. The van der Waals surface area contributed by atoms with Gasteiger partial charge in [0.1, 0.15) is 11.9 Å². The zero-order valence-electron chi connectivity index (χ0n) is 9.77. The van der Waals surface area contributed by atoms with E-state index in [2.05, 4.69) is 17.2 Å². The molecule has 1 aromatic carbocycles. The molecule has 1 unspecified atom stereocenters. The van der Waals surface area contributed by atoms with Gasteiger partial charge in [-0.1, -0.05) is 17.7 Å². The Morgan fingerprint density at radius 3 is 2.78 bits per heavy atom. The molecule has 0 aromatic heterocycles. The summed E-state index contributed by atoms with van der Waals surface area (Å²) in [6.45, 7) is 5.31. The number of hydrogen-bond donors (Lipinski definition) is 2. The predicted molar refractivity (Wildman–Crippen MR) is 67.7 cm³/mol. The van der Waals surface area contributed by atoms with Crippen molar-refractivity contribution >= 4 is 23.2 Å². The summed E-state index contributed by atoms with van der Waals surface area (Å²) in [4.78, 5) is 11.5. The van der Waals surface area contributed by atoms with Crippen molar-refractivity contribution in [3.63, 3.8) is 0 Å². The largest absolute Gasteiger partial charge is 0.370 e. The molecule has 0 aliphatic carbocycles. The van der Waals surface area contributed by atoms with Crippen molar-refractivity contribution in [1.82, 2.24) is 5.32 Å². The van der Waals surface area contributed by atoms with Crippen molar-refractivity contribution in [1.29, 1.82) is 0 Å². The number of anilines is 1. The van der Waals surface area contributed by atoms with Gasteiger partial charge >= 0.3 is 0 Å². The van der Waals surface area contributed by atoms with Gasteiger partial charge in [-0.05, 0) is 13.0 Å². The van der Waals surface area contributed by atoms with Crippen LogP contribution >= 0.6 is 11.6 Å². The molecule has 0 spiro atoms. The van der Waals surface area contributed by atoms with Gasteiger partial charge in [0, 0.05) is 12.6 Å². The van der Waals surface area contributed by atoms with E-state index < -0.39 is 17.7 Å². The van der Waals surface area contributed by atoms with Crippen molar-refractivity contribution in [3.05, 3.63) is 41.4 Å². The molecule has 1 atom stereocenters. The summed E-state index contributed by atoms with van der Waals surface area (Å²) >= 11 is 5.70. The molecule has 0 aliphatic rings. The number of halogens is 3. The van der Waals surface area contributed by atoms with E-state index in [1.807, 2.05) is 0 Å². The molecule has 1 aromatic rings. The molecule has 3 nitrogen and oxygen atoms in total. The summed E-state index contributed by atoms with van der Waals surface area (Å²) in [5.41, 5.74) is -0.0979. The fourth-order valence-corrected chi connectivity index (χ4v) is 1.54. The zero-order valence-corrected chi connectivity index (χ0v) is 10.5. The first-order valence-corrected chi connectivity index (χ1v) is 5.63. The maximum atomic E-state index is 13.5. The fourth-order valence-electron chi connectivity index (χ4n) is 1.29. The first-order chi connectivity index (χ1) is 8.45. The Balaban J connectivity index is 2.78. The van der Waals surface area contributed by atoms with Gasteiger partial charge in [0.05, 0.1) is 10.7 Å². The summed E-state index contributed by atoms with van der Waals surface area (Å²) in [6, 6.07) is 0.964. The average molecular weight is 275 g/mol. The van der Waals surface area contributed by atoms with Crippen LogP contribution in [0.15, 0.2) is 24.8 Å². The van der Waals surface area contributed by atoms with E-state index in [1.165, 1.54) is 13.0 Å². The van der Waals surface area contributed by atoms with Gasteiger partial charge in [-0.25, -0.2) is 8.78 Å². The topological polar surface area (TPSA) is 41.1 Å². The molecule has 2 N–H and O–H groups in total. The maximum Gasteiger partial charge on any atom is 0.242 e. The van der Waals surface area contributed by atoms with Crippen molar-refractivity contribution in [2.75, 3.05) is 11.9 Å². The highest BCUT2D eigenvalue weighted by Crippen LogP contribution is 2.26. The van der Waals surface area contributed by atoms with Crippen molar-refractivity contribution in [2.24, 2.45) is 0 Å². The summed E-state index contributed by atoms with van der Waals surface area (Å²) < 4.78 is 26.3. The molecule has 6 heteroatoms. The summed E-state index contributed by atoms with van der Waals surface area (Å²) in [5, 5.41) is 5.02. The van der Waals surface area contributed by atoms with E-state index in [9.17, 15) is 13.6 Å². The standard InChI is InChI=1S/C12H13ClF2N2O/c1-3-4-16-12(18)7(2)17-11-9(13)5-8(14)6-10(11)15/h3,5-7,17H,1,4H2,2H3,(H,16,18). The second-order valence-corrected chi connectivity index (χ2v) is 4.05. The molecule has 0 saturated carbocycles. The number of nitrogens with one attached hydrogen (secondary N) is 2. The monoisotopic (exact) mass is 274 g/mol. The lowest BCUT2D eigenvalue weighted by Crippen LogP contribution is -2.37. The normalized spacial score (nSPS) is 11.8. The Hall–Kier alpha value is -1.62. The average Bonchev–Trinajstić information content (AvgIpc) is 2.30. The number of amides is 1. The Morgan fingerprint density at radius 2 is 2.22 bits per heavy atom. The molecule has 0 fully saturated rings. The second kappa shape index (κ2) is 6.35. The van der Waals surface area contributed by atoms with Gasteiger partial charge in [-0.15, -0.1) is 6.58 Å². The highest BCUT2D eigenvalue weighted by Gasteiger charge is 2.16. The molecule has 0 radical (unpaired) electrons. The van der Waals surface area contributed by atoms with E-state index >= 15 is 0 Å². The number of carbonyl (C=O) groups is 1. The SMILES string of the molecule is C=CCNC(=O)C(C)Nc1c(F)cc(F)cc1Cl. The van der Waals surface area contributed by atoms with Crippen LogP contribution in [-0.4, -0.2) is 18.5 Å². The number of benzene rings is 1. The molecule has 0 bridgehead atoms. The fraction of sp³-hybridized carbons (Fsp3) is 0.250. The van der Waals surface area contributed by atoms with Gasteiger partial charge in [-0.2, -0.15) is 0 Å². The van der Waals surface area contributed by atoms with Crippen molar-refractivity contribution in [3.8, 4) is 0 Å². The molecular formula is C12H13ClF2N2O. The maximum absolute atomic E-state index is 13.5. The third-order valence-corrected chi connectivity index (χ3v) is 2.48. The van der Waals surface area contributed by atoms with Crippen LogP contribution in [0.5, 0.6) is 0 Å². The van der Waals surface area contributed by atoms with Crippen LogP contribution in [0.3, 0.4) is 0 Å². The molecule has 98 valence electrons. The first kappa shape index (κ1) is 14.4. The van der Waals surface area contributed by atoms with E-state index in [0.29, 0.717) is 12.6 Å². The van der Waals surface area contributed by atoms with E-state index in [4.69, 9.17) is 11.6 Å². The predicted octanol–water partition coefficient (Wildman–Crippen LogP) is 2.72. The number of rotatable bonds is 5. The third kappa shape index (κ3) is 3.70. The minimum absolute atomic E-state index is 0.0979. The minimum atomic E-state index is -0.844. The van der Waals surface area contributed by atoms with Crippen LogP contribution < -0.4 is 10.6 Å². The quantitative estimate of drug-likeness (QED) is 0.811. The van der Waals surface area contributed by atoms with Crippen LogP contribution in [-0.2, 0) is 4.79 Å². The van der Waals surface area contributed by atoms with Crippen LogP contribution in [0.1, 0.15) is 6.92 Å². The first-order valence-electron chi connectivity index (χ1n) is 5.25. The van der Waals surface area contributed by atoms with E-state index in [0.717, 1.165) is 6.07 Å². The highest BCUT2D eigenvalue weighted by molar-refractivity contribution is 6.33. The van der Waals surface area contributed by atoms with Gasteiger partial charge < -0.3 is 10.6 Å². The Morgan fingerprint density at radius 1 is 1.56 bits per heavy atom. The van der Waals surface area contributed by atoms with E-state index in [-0.39, 0.29) is 16.6 Å². The summed E-state index contributed by atoms with van der Waals surface area (Å²) in [6.07, 6.45) is 1.52. The zero-order chi connectivity index (χ0) is 13.7. The Bertz CT molecular complexity index is 442. The lowest BCUT2D eigenvalue weighted by molar-refractivity contribution is -0.121. The molecular weight excluding hydrogens is 262 g/mol. The Labute approximate surface area is 109 Å². The van der Waals surface area contributed by atoms with Crippen LogP contribution in [0.2, 0.25) is 5.02 Å². The highest BCUT2D eigenvalue weighted by atomic mass is 35.5. The van der Waals surface area contributed by atoms with Gasteiger partial charge in [0.2, 0.25) is 5.91 Å². The Kier molecular flexibility index (Phi) is 5.09. The van der Waals surface area contributed by atoms with Gasteiger partial charge in [0.15, 0.2) is 5.82 Å². The molecule has 0 saturated heterocycles. The van der Waals surface area contributed by atoms with Crippen LogP contribution in [0, 0.1) is 11.6 Å². The summed E-state index contributed by atoms with van der Waals surface area (Å²) in [7, 11) is 0. The molecule has 1 rings (SSSR count). The van der Waals surface area contributed by atoms with Gasteiger partial charge in [0.25, 0.3) is 0 Å².